The van der Waals surface area contributed by atoms with Crippen molar-refractivity contribution < 1.29 is 14.3 Å². The molecule has 6 nitrogen and oxygen atoms in total. The molecule has 142 valence electrons. The summed E-state index contributed by atoms with van der Waals surface area (Å²) in [6.07, 6.45) is 4.77. The lowest BCUT2D eigenvalue weighted by Gasteiger charge is -2.25. The number of methoxy groups -OCH3 is 1. The maximum Gasteiger partial charge on any atom is 0.253 e. The van der Waals surface area contributed by atoms with Crippen LogP contribution in [0.25, 0.3) is 11.3 Å². The van der Waals surface area contributed by atoms with Crippen LogP contribution in [0.3, 0.4) is 0 Å². The Hall–Kier alpha value is -2.47. The summed E-state index contributed by atoms with van der Waals surface area (Å²) in [7, 11) is 1.56. The van der Waals surface area contributed by atoms with Crippen LogP contribution in [0.1, 0.15) is 36.0 Å². The van der Waals surface area contributed by atoms with Crippen LogP contribution in [-0.4, -0.2) is 53.9 Å². The predicted octanol–water partition coefficient (Wildman–Crippen LogP) is 3.18. The van der Waals surface area contributed by atoms with Crippen molar-refractivity contribution in [2.75, 3.05) is 26.8 Å². The van der Waals surface area contributed by atoms with E-state index in [0.29, 0.717) is 23.9 Å². The minimum atomic E-state index is 0.0877. The Morgan fingerprint density at radius 2 is 1.93 bits per heavy atom. The number of nitrogens with zero attached hydrogens (tertiary/aromatic N) is 3. The highest BCUT2D eigenvalue weighted by Gasteiger charge is 2.30. The van der Waals surface area contributed by atoms with Gasteiger partial charge >= 0.3 is 0 Å². The summed E-state index contributed by atoms with van der Waals surface area (Å²) in [4.78, 5) is 15.0. The highest BCUT2D eigenvalue weighted by molar-refractivity contribution is 5.94. The fourth-order valence-corrected chi connectivity index (χ4v) is 3.44. The maximum absolute atomic E-state index is 13.1. The van der Waals surface area contributed by atoms with Crippen LogP contribution in [0, 0.1) is 5.92 Å². The van der Waals surface area contributed by atoms with E-state index in [1.54, 1.807) is 13.2 Å². The summed E-state index contributed by atoms with van der Waals surface area (Å²) >= 11 is 0. The van der Waals surface area contributed by atoms with Crippen molar-refractivity contribution in [2.45, 2.75) is 31.8 Å². The van der Waals surface area contributed by atoms with E-state index in [0.717, 1.165) is 37.3 Å². The third kappa shape index (κ3) is 4.45. The first-order valence-corrected chi connectivity index (χ1v) is 9.62. The van der Waals surface area contributed by atoms with Crippen molar-refractivity contribution in [1.82, 2.24) is 15.1 Å². The monoisotopic (exact) mass is 367 g/mol. The molecule has 0 unspecified atom stereocenters. The van der Waals surface area contributed by atoms with Crippen LogP contribution >= 0.6 is 0 Å². The van der Waals surface area contributed by atoms with Crippen LogP contribution in [0.4, 0.5) is 0 Å². The van der Waals surface area contributed by atoms with Crippen LogP contribution < -0.4 is 4.74 Å². The Morgan fingerprint density at radius 1 is 1.11 bits per heavy atom. The number of aromatic nitrogens is 2. The average molecular weight is 367 g/mol. The summed E-state index contributed by atoms with van der Waals surface area (Å²) < 4.78 is 10.8. The number of benzene rings is 1. The SMILES string of the molecule is COc1ccc(-c2ccc(C(=O)N(CC3CC3)C[C@H]3CCCO3)cc2)nn1. The molecule has 2 aromatic rings. The van der Waals surface area contributed by atoms with Gasteiger partial charge in [-0.1, -0.05) is 12.1 Å². The minimum Gasteiger partial charge on any atom is -0.480 e. The highest BCUT2D eigenvalue weighted by Crippen LogP contribution is 2.31. The fourth-order valence-electron chi connectivity index (χ4n) is 3.44. The zero-order valence-corrected chi connectivity index (χ0v) is 15.6. The molecule has 2 aliphatic rings. The molecule has 0 radical (unpaired) electrons. The van der Waals surface area contributed by atoms with Gasteiger partial charge in [0.2, 0.25) is 5.88 Å². The third-order valence-electron chi connectivity index (χ3n) is 5.19. The lowest BCUT2D eigenvalue weighted by Crippen LogP contribution is -2.38. The molecule has 1 amide bonds. The fraction of sp³-hybridized carbons (Fsp3) is 0.476. The number of carbonyl (C=O) groups is 1. The van der Waals surface area contributed by atoms with Crippen molar-refractivity contribution in [3.8, 4) is 17.1 Å². The largest absolute Gasteiger partial charge is 0.480 e. The zero-order valence-electron chi connectivity index (χ0n) is 15.6. The number of hydrogen-bond donors (Lipinski definition) is 0. The molecule has 1 saturated carbocycles. The first-order valence-electron chi connectivity index (χ1n) is 9.62. The molecule has 2 heterocycles. The van der Waals surface area contributed by atoms with Crippen LogP contribution in [-0.2, 0) is 4.74 Å². The topological polar surface area (TPSA) is 64.5 Å². The second kappa shape index (κ2) is 8.05. The van der Waals surface area contributed by atoms with E-state index in [-0.39, 0.29) is 12.0 Å². The zero-order chi connectivity index (χ0) is 18.6. The molecule has 0 N–H and O–H groups in total. The number of rotatable bonds is 7. The molecule has 0 bridgehead atoms. The smallest absolute Gasteiger partial charge is 0.253 e. The van der Waals surface area contributed by atoms with Gasteiger partial charge in [0.25, 0.3) is 5.91 Å². The van der Waals surface area contributed by atoms with E-state index in [4.69, 9.17) is 9.47 Å². The van der Waals surface area contributed by atoms with Gasteiger partial charge in [-0.05, 0) is 49.8 Å². The number of carbonyl (C=O) groups excluding carboxylic acids is 1. The van der Waals surface area contributed by atoms with E-state index in [1.165, 1.54) is 12.8 Å². The summed E-state index contributed by atoms with van der Waals surface area (Å²) in [5.74, 6) is 1.23. The van der Waals surface area contributed by atoms with Crippen molar-refractivity contribution in [1.29, 1.82) is 0 Å². The normalized spacial score (nSPS) is 19.1. The molecule has 0 spiro atoms. The van der Waals surface area contributed by atoms with Gasteiger partial charge in [-0.15, -0.1) is 10.2 Å². The Balaban J connectivity index is 1.47. The molecule has 1 aliphatic carbocycles. The number of hydrogen-bond acceptors (Lipinski definition) is 5. The second-order valence-corrected chi connectivity index (χ2v) is 7.33. The second-order valence-electron chi connectivity index (χ2n) is 7.33. The molecule has 1 atom stereocenters. The standard InChI is InChI=1S/C21H25N3O3/c1-26-20-11-10-19(22-23-20)16-6-8-17(9-7-16)21(25)24(13-15-4-5-15)14-18-3-2-12-27-18/h6-11,15,18H,2-5,12-14H2,1H3/t18-/m1/s1. The highest BCUT2D eigenvalue weighted by atomic mass is 16.5. The Bertz CT molecular complexity index is 766. The lowest BCUT2D eigenvalue weighted by atomic mass is 10.1. The van der Waals surface area contributed by atoms with E-state index >= 15 is 0 Å². The van der Waals surface area contributed by atoms with Gasteiger partial charge in [-0.3, -0.25) is 4.79 Å². The number of amides is 1. The average Bonchev–Trinajstić information content (AvgIpc) is 3.39. The van der Waals surface area contributed by atoms with E-state index in [9.17, 15) is 4.79 Å². The van der Waals surface area contributed by atoms with Crippen LogP contribution in [0.15, 0.2) is 36.4 Å². The van der Waals surface area contributed by atoms with Crippen LogP contribution in [0.2, 0.25) is 0 Å². The molecule has 1 aliphatic heterocycles. The van der Waals surface area contributed by atoms with Gasteiger partial charge in [0.1, 0.15) is 0 Å². The summed E-state index contributed by atoms with van der Waals surface area (Å²) in [6.45, 7) is 2.35. The molecular weight excluding hydrogens is 342 g/mol. The van der Waals surface area contributed by atoms with Gasteiger partial charge < -0.3 is 14.4 Å². The lowest BCUT2D eigenvalue weighted by molar-refractivity contribution is 0.0515. The molecule has 1 aromatic heterocycles. The number of ether oxygens (including phenoxy) is 2. The van der Waals surface area contributed by atoms with Crippen molar-refractivity contribution in [3.05, 3.63) is 42.0 Å². The molecule has 4 rings (SSSR count). The quantitative estimate of drug-likeness (QED) is 0.752. The Kier molecular flexibility index (Phi) is 5.34. The Labute approximate surface area is 159 Å². The van der Waals surface area contributed by atoms with E-state index in [1.807, 2.05) is 35.2 Å². The van der Waals surface area contributed by atoms with Crippen molar-refractivity contribution in [2.24, 2.45) is 5.92 Å². The summed E-state index contributed by atoms with van der Waals surface area (Å²) in [5, 5.41) is 8.15. The molecule has 2 fully saturated rings. The first-order chi connectivity index (χ1) is 13.2. The first kappa shape index (κ1) is 17.9. The third-order valence-corrected chi connectivity index (χ3v) is 5.19. The maximum atomic E-state index is 13.1. The van der Waals surface area contributed by atoms with Gasteiger partial charge in [-0.25, -0.2) is 0 Å². The summed E-state index contributed by atoms with van der Waals surface area (Å²) in [6, 6.07) is 11.2. The predicted molar refractivity (Wildman–Crippen MR) is 102 cm³/mol. The van der Waals surface area contributed by atoms with Gasteiger partial charge in [0.05, 0.1) is 18.9 Å². The minimum absolute atomic E-state index is 0.0877. The molecule has 1 aromatic carbocycles. The molecule has 27 heavy (non-hydrogen) atoms. The van der Waals surface area contributed by atoms with Crippen LogP contribution in [0.5, 0.6) is 5.88 Å². The van der Waals surface area contributed by atoms with Gasteiger partial charge in [0, 0.05) is 36.9 Å². The molecule has 1 saturated heterocycles. The van der Waals surface area contributed by atoms with Gasteiger partial charge in [-0.2, -0.15) is 0 Å². The van der Waals surface area contributed by atoms with E-state index in [2.05, 4.69) is 10.2 Å². The molecule has 6 heteroatoms. The van der Waals surface area contributed by atoms with Gasteiger partial charge in [0.15, 0.2) is 0 Å². The Morgan fingerprint density at radius 3 is 2.52 bits per heavy atom. The summed E-state index contributed by atoms with van der Waals surface area (Å²) in [5.41, 5.74) is 2.39. The van der Waals surface area contributed by atoms with Crippen molar-refractivity contribution in [3.63, 3.8) is 0 Å². The molecular formula is C21H25N3O3. The van der Waals surface area contributed by atoms with E-state index < -0.39 is 0 Å². The van der Waals surface area contributed by atoms with Crippen molar-refractivity contribution >= 4 is 5.91 Å².